The fraction of sp³-hybridized carbons (Fsp3) is 0.276. The van der Waals surface area contributed by atoms with Crippen molar-refractivity contribution < 1.29 is 24.9 Å². The molecule has 0 amide bonds. The van der Waals surface area contributed by atoms with Gasteiger partial charge in [0.1, 0.15) is 0 Å². The second-order valence-electron chi connectivity index (χ2n) is 12.5. The van der Waals surface area contributed by atoms with Crippen LogP contribution in [0.2, 0.25) is 0 Å². The molecule has 20 heteroatoms. The number of carboxylic acid groups (broad SMARTS) is 2. The number of hydrogen-bond acceptors (Lipinski definition) is 16. The van der Waals surface area contributed by atoms with E-state index in [0.717, 1.165) is 21.8 Å². The van der Waals surface area contributed by atoms with E-state index in [2.05, 4.69) is 55.6 Å². The monoisotopic (exact) mass is 669 g/mol. The first-order chi connectivity index (χ1) is 22.9. The summed E-state index contributed by atoms with van der Waals surface area (Å²) in [4.78, 5) is 42.8. The minimum atomic E-state index is -1.13. The van der Waals surface area contributed by atoms with Gasteiger partial charge < -0.3 is 26.8 Å². The Balaban J connectivity index is 1.58. The van der Waals surface area contributed by atoms with Crippen molar-refractivity contribution in [3.8, 4) is 17.9 Å². The molecule has 0 aliphatic heterocycles. The second kappa shape index (κ2) is 12.5. The Labute approximate surface area is 277 Å². The number of aromatic nitrogens is 9. The number of carboxylic acids is 2. The van der Waals surface area contributed by atoms with Gasteiger partial charge in [-0.3, -0.25) is 0 Å². The van der Waals surface area contributed by atoms with Gasteiger partial charge in [0.25, 0.3) is 11.9 Å². The highest BCUT2D eigenvalue weighted by molar-refractivity contribution is 5.87. The minimum absolute atomic E-state index is 0.0148. The topological polar surface area (TPSA) is 296 Å². The quantitative estimate of drug-likeness (QED) is 0.140. The molecule has 0 aliphatic carbocycles. The molecule has 0 saturated heterocycles. The van der Waals surface area contributed by atoms with Crippen LogP contribution in [0.1, 0.15) is 73.6 Å². The average molecular weight is 670 g/mol. The number of nitrogens with zero attached hydrogens (tertiary/aromatic N) is 13. The van der Waals surface area contributed by atoms with Gasteiger partial charge in [0.15, 0.2) is 34.6 Å². The Kier molecular flexibility index (Phi) is 8.56. The van der Waals surface area contributed by atoms with E-state index in [0.29, 0.717) is 11.4 Å². The van der Waals surface area contributed by atoms with Crippen molar-refractivity contribution in [2.75, 3.05) is 11.5 Å². The first kappa shape index (κ1) is 33.6. The number of azo groups is 2. The van der Waals surface area contributed by atoms with Gasteiger partial charge in [-0.05, 0) is 24.3 Å². The molecule has 5 rings (SSSR count). The zero-order valence-corrected chi connectivity index (χ0v) is 27.1. The molecule has 0 atom stereocenters. The number of hydrogen-bond donors (Lipinski definition) is 5. The number of nitrogens with two attached hydrogens (primary N) is 2. The molecule has 49 heavy (non-hydrogen) atoms. The fourth-order valence-corrected chi connectivity index (χ4v) is 4.24. The Morgan fingerprint density at radius 3 is 1.35 bits per heavy atom. The predicted octanol–water partition coefficient (Wildman–Crippen LogP) is 4.73. The highest BCUT2D eigenvalue weighted by Crippen LogP contribution is 2.39. The Bertz CT molecular complexity index is 1970. The van der Waals surface area contributed by atoms with Crippen LogP contribution in [0.3, 0.4) is 0 Å². The maximum absolute atomic E-state index is 11.2. The van der Waals surface area contributed by atoms with Gasteiger partial charge in [-0.2, -0.15) is 34.5 Å². The van der Waals surface area contributed by atoms with Crippen LogP contribution in [0.4, 0.5) is 34.6 Å². The van der Waals surface area contributed by atoms with Crippen molar-refractivity contribution >= 4 is 46.6 Å². The van der Waals surface area contributed by atoms with Gasteiger partial charge in [0, 0.05) is 23.2 Å². The highest BCUT2D eigenvalue weighted by Gasteiger charge is 2.30. The third-order valence-electron chi connectivity index (χ3n) is 6.68. The second-order valence-corrected chi connectivity index (χ2v) is 12.5. The summed E-state index contributed by atoms with van der Waals surface area (Å²) in [5.74, 6) is -2.48. The van der Waals surface area contributed by atoms with E-state index in [1.165, 1.54) is 24.3 Å². The number of anilines is 2. The molecule has 0 unspecified atom stereocenters. The molecule has 0 aromatic carbocycles. The molecule has 5 aromatic heterocycles. The van der Waals surface area contributed by atoms with E-state index >= 15 is 0 Å². The largest absolute Gasteiger partial charge is 0.479 e. The summed E-state index contributed by atoms with van der Waals surface area (Å²) < 4.78 is 2.30. The molecular formula is C29H31N15O5. The van der Waals surface area contributed by atoms with Crippen LogP contribution in [0.5, 0.6) is 6.01 Å². The average Bonchev–Trinajstić information content (AvgIpc) is 3.55. The van der Waals surface area contributed by atoms with Crippen LogP contribution in [0, 0.1) is 0 Å². The lowest BCUT2D eigenvalue weighted by atomic mass is 9.91. The molecule has 0 aliphatic rings. The standard InChI is InChI=1S/C29H31N15O5/c1-28(2,3)19-17(39-37-15-9-7-13(11-32-15)23(45)46)21(30)43(41-19)25-34-26(36-27(49)35-25)44-22(31)18(20(42-44)29(4,5)6)40-38-16-10-8-14(12-33-16)24(47)48/h7-12H,30-31H2,1-6H3,(H,45,46)(H,47,48)(H,34,35,36,49). The molecule has 20 nitrogen and oxygen atoms in total. The van der Waals surface area contributed by atoms with Crippen molar-refractivity contribution in [1.29, 1.82) is 0 Å². The molecule has 0 bridgehead atoms. The van der Waals surface area contributed by atoms with Crippen LogP contribution in [-0.2, 0) is 10.8 Å². The smallest absolute Gasteiger partial charge is 0.337 e. The summed E-state index contributed by atoms with van der Waals surface area (Å²) in [6.07, 6.45) is 2.30. The summed E-state index contributed by atoms with van der Waals surface area (Å²) >= 11 is 0. The molecule has 0 spiro atoms. The van der Waals surface area contributed by atoms with Gasteiger partial charge in [0.2, 0.25) is 0 Å². The van der Waals surface area contributed by atoms with Crippen LogP contribution >= 0.6 is 0 Å². The van der Waals surface area contributed by atoms with Crippen LogP contribution < -0.4 is 11.5 Å². The lowest BCUT2D eigenvalue weighted by Crippen LogP contribution is -2.16. The Morgan fingerprint density at radius 1 is 0.653 bits per heavy atom. The first-order valence-corrected chi connectivity index (χ1v) is 14.4. The van der Waals surface area contributed by atoms with Crippen molar-refractivity contribution in [3.63, 3.8) is 0 Å². The highest BCUT2D eigenvalue weighted by atomic mass is 16.4. The van der Waals surface area contributed by atoms with Crippen molar-refractivity contribution in [1.82, 2.24) is 44.5 Å². The van der Waals surface area contributed by atoms with Gasteiger partial charge in [0.05, 0.1) is 22.5 Å². The lowest BCUT2D eigenvalue weighted by molar-refractivity contribution is 0.0685. The van der Waals surface area contributed by atoms with E-state index in [1.54, 1.807) is 0 Å². The lowest BCUT2D eigenvalue weighted by Gasteiger charge is -2.15. The normalized spacial score (nSPS) is 12.3. The number of rotatable bonds is 8. The van der Waals surface area contributed by atoms with Gasteiger partial charge in [-0.1, -0.05) is 41.5 Å². The summed E-state index contributed by atoms with van der Waals surface area (Å²) in [5.41, 5.74) is 12.9. The molecule has 252 valence electrons. The van der Waals surface area contributed by atoms with Gasteiger partial charge in [-0.15, -0.1) is 20.5 Å². The van der Waals surface area contributed by atoms with E-state index < -0.39 is 28.8 Å². The van der Waals surface area contributed by atoms with Crippen LogP contribution in [-0.4, -0.2) is 71.7 Å². The summed E-state index contributed by atoms with van der Waals surface area (Å²) in [5, 5.41) is 54.7. The predicted molar refractivity (Wildman–Crippen MR) is 173 cm³/mol. The van der Waals surface area contributed by atoms with Crippen molar-refractivity contribution in [2.24, 2.45) is 20.5 Å². The number of nitrogen functional groups attached to an aromatic ring is 2. The van der Waals surface area contributed by atoms with E-state index in [4.69, 9.17) is 21.7 Å². The van der Waals surface area contributed by atoms with Crippen molar-refractivity contribution in [2.45, 2.75) is 52.4 Å². The van der Waals surface area contributed by atoms with E-state index in [1.807, 2.05) is 41.5 Å². The molecule has 7 N–H and O–H groups in total. The number of pyridine rings is 2. The Morgan fingerprint density at radius 2 is 1.04 bits per heavy atom. The first-order valence-electron chi connectivity index (χ1n) is 14.4. The zero-order valence-electron chi connectivity index (χ0n) is 27.1. The third-order valence-corrected chi connectivity index (χ3v) is 6.68. The maximum Gasteiger partial charge on any atom is 0.337 e. The summed E-state index contributed by atoms with van der Waals surface area (Å²) in [6.45, 7) is 11.2. The van der Waals surface area contributed by atoms with Gasteiger partial charge >= 0.3 is 17.9 Å². The van der Waals surface area contributed by atoms with Gasteiger partial charge in [-0.25, -0.2) is 19.6 Å². The molecular weight excluding hydrogens is 638 g/mol. The molecule has 5 aromatic rings. The third kappa shape index (κ3) is 7.01. The molecule has 0 saturated carbocycles. The Hall–Kier alpha value is -6.73. The zero-order chi connectivity index (χ0) is 35.8. The summed E-state index contributed by atoms with van der Waals surface area (Å²) in [7, 11) is 0. The minimum Gasteiger partial charge on any atom is -0.479 e. The molecule has 0 fully saturated rings. The number of carbonyl (C=O) groups is 2. The van der Waals surface area contributed by atoms with E-state index in [-0.39, 0.29) is 57.7 Å². The van der Waals surface area contributed by atoms with Crippen LogP contribution in [0.15, 0.2) is 57.1 Å². The van der Waals surface area contributed by atoms with Crippen LogP contribution in [0.25, 0.3) is 11.9 Å². The fourth-order valence-electron chi connectivity index (χ4n) is 4.24. The number of aromatic hydroxyl groups is 1. The van der Waals surface area contributed by atoms with E-state index in [9.17, 15) is 14.7 Å². The molecule has 0 radical (unpaired) electrons. The van der Waals surface area contributed by atoms with Crippen molar-refractivity contribution in [3.05, 3.63) is 59.2 Å². The SMILES string of the molecule is CC(C)(C)c1nn(-c2nc(O)nc(-n3nc(C(C)(C)C)c(N=Nc4ccc(C(=O)O)cn4)c3N)n2)c(N)c1N=Nc1ccc(C(=O)O)cn1. The number of aromatic carboxylic acids is 2. The summed E-state index contributed by atoms with van der Waals surface area (Å²) in [6, 6.07) is 4.76. The molecule has 5 heterocycles. The maximum atomic E-state index is 11.2.